The highest BCUT2D eigenvalue weighted by Gasteiger charge is 2.19. The number of halogens is 3. The molecule has 3 aromatic carbocycles. The number of benzene rings is 3. The lowest BCUT2D eigenvalue weighted by Gasteiger charge is -2.13. The number of allylic oxidation sites excluding steroid dienone is 2. The first-order chi connectivity index (χ1) is 17.1. The number of carbonyl (C=O) groups is 1. The van der Waals surface area contributed by atoms with Crippen molar-refractivity contribution in [1.29, 1.82) is 5.41 Å². The number of carboxylic acid groups (broad SMARTS) is 1. The maximum Gasteiger partial charge on any atom is 0.307 e. The summed E-state index contributed by atoms with van der Waals surface area (Å²) >= 11 is 6.05. The van der Waals surface area contributed by atoms with Crippen molar-refractivity contribution in [3.8, 4) is 0 Å². The molecule has 0 unspecified atom stereocenters. The van der Waals surface area contributed by atoms with Gasteiger partial charge in [-0.05, 0) is 61.9 Å². The fourth-order valence-corrected chi connectivity index (χ4v) is 3.32. The Bertz CT molecular complexity index is 1310. The smallest absolute Gasteiger partial charge is 0.307 e. The first-order valence-corrected chi connectivity index (χ1v) is 11.2. The minimum Gasteiger partial charge on any atom is -0.481 e. The van der Waals surface area contributed by atoms with Gasteiger partial charge < -0.3 is 10.8 Å². The highest BCUT2D eigenvalue weighted by atomic mass is 35.5. The highest BCUT2D eigenvalue weighted by Crippen LogP contribution is 2.28. The van der Waals surface area contributed by atoms with Gasteiger partial charge in [0.05, 0.1) is 23.4 Å². The number of hydrogen-bond acceptors (Lipinski definition) is 4. The Balaban J connectivity index is 0.000000346. The lowest BCUT2D eigenvalue weighted by molar-refractivity contribution is -0.136. The molecule has 36 heavy (non-hydrogen) atoms. The predicted molar refractivity (Wildman–Crippen MR) is 143 cm³/mol. The van der Waals surface area contributed by atoms with Crippen molar-refractivity contribution >= 4 is 40.4 Å². The van der Waals surface area contributed by atoms with Crippen LogP contribution in [0.4, 0.5) is 14.5 Å². The number of nitrogens with two attached hydrogens (primary N) is 1. The van der Waals surface area contributed by atoms with Gasteiger partial charge in [0.1, 0.15) is 11.6 Å². The first-order valence-electron chi connectivity index (χ1n) is 10.8. The molecule has 4 N–H and O–H groups in total. The topological polar surface area (TPSA) is 99.5 Å². The van der Waals surface area contributed by atoms with Crippen molar-refractivity contribution in [2.75, 3.05) is 5.73 Å². The molecule has 0 heterocycles. The van der Waals surface area contributed by atoms with E-state index in [1.54, 1.807) is 62.4 Å². The van der Waals surface area contributed by atoms with Crippen molar-refractivity contribution in [2.24, 2.45) is 4.99 Å². The van der Waals surface area contributed by atoms with Crippen LogP contribution in [0.2, 0.25) is 5.02 Å². The van der Waals surface area contributed by atoms with Crippen LogP contribution >= 0.6 is 11.6 Å². The summed E-state index contributed by atoms with van der Waals surface area (Å²) < 4.78 is 28.2. The average Bonchev–Trinajstić information content (AvgIpc) is 2.84. The molecule has 0 aliphatic carbocycles. The van der Waals surface area contributed by atoms with Crippen molar-refractivity contribution in [3.05, 3.63) is 118 Å². The van der Waals surface area contributed by atoms with E-state index in [-0.39, 0.29) is 12.1 Å². The lowest BCUT2D eigenvalue weighted by Crippen LogP contribution is -2.10. The largest absolute Gasteiger partial charge is 0.481 e. The maximum atomic E-state index is 14.1. The molecule has 8 heteroatoms. The van der Waals surface area contributed by atoms with E-state index in [1.165, 1.54) is 12.1 Å². The molecule has 0 bridgehead atoms. The number of hydrogen-bond donors (Lipinski definition) is 3. The van der Waals surface area contributed by atoms with Crippen LogP contribution in [0, 0.1) is 17.0 Å². The van der Waals surface area contributed by atoms with Crippen LogP contribution in [0.5, 0.6) is 0 Å². The molecular weight excluding hydrogens is 484 g/mol. The molecular formula is C28H26ClF2N3O2. The third kappa shape index (κ3) is 7.71. The Labute approximate surface area is 213 Å². The number of aliphatic carboxylic acids is 1. The molecule has 0 amide bonds. The Hall–Kier alpha value is -4.10. The number of rotatable bonds is 7. The van der Waals surface area contributed by atoms with Gasteiger partial charge >= 0.3 is 5.97 Å². The van der Waals surface area contributed by atoms with Crippen LogP contribution in [0.15, 0.2) is 84.4 Å². The van der Waals surface area contributed by atoms with Crippen molar-refractivity contribution in [2.45, 2.75) is 20.3 Å². The molecule has 0 aromatic heterocycles. The Kier molecular flexibility index (Phi) is 10.2. The van der Waals surface area contributed by atoms with Crippen molar-refractivity contribution in [3.63, 3.8) is 0 Å². The minimum absolute atomic E-state index is 0.0558. The van der Waals surface area contributed by atoms with Crippen LogP contribution in [0.3, 0.4) is 0 Å². The molecule has 0 aliphatic heterocycles. The van der Waals surface area contributed by atoms with Crippen LogP contribution in [0.25, 0.3) is 5.70 Å². The van der Waals surface area contributed by atoms with Gasteiger partial charge in [-0.15, -0.1) is 0 Å². The van der Waals surface area contributed by atoms with E-state index >= 15 is 0 Å². The summed E-state index contributed by atoms with van der Waals surface area (Å²) in [7, 11) is 0. The summed E-state index contributed by atoms with van der Waals surface area (Å²) in [5, 5.41) is 17.1. The number of aliphatic imine (C=N–C) groups is 1. The van der Waals surface area contributed by atoms with E-state index in [1.807, 2.05) is 0 Å². The zero-order valence-corrected chi connectivity index (χ0v) is 20.6. The Morgan fingerprint density at radius 3 is 2.25 bits per heavy atom. The molecule has 3 rings (SSSR count). The first kappa shape index (κ1) is 28.1. The molecule has 0 aliphatic rings. The van der Waals surface area contributed by atoms with E-state index in [2.05, 4.69) is 11.6 Å². The van der Waals surface area contributed by atoms with Crippen LogP contribution < -0.4 is 5.73 Å². The normalized spacial score (nSPS) is 11.4. The maximum absolute atomic E-state index is 14.1. The van der Waals surface area contributed by atoms with E-state index in [0.717, 1.165) is 17.7 Å². The van der Waals surface area contributed by atoms with Gasteiger partial charge in [-0.25, -0.2) is 8.78 Å². The fraction of sp³-hybridized carbons (Fsp3) is 0.107. The third-order valence-corrected chi connectivity index (χ3v) is 5.18. The van der Waals surface area contributed by atoms with E-state index in [9.17, 15) is 13.6 Å². The summed E-state index contributed by atoms with van der Waals surface area (Å²) in [6, 6.07) is 15.1. The zero-order valence-electron chi connectivity index (χ0n) is 19.9. The van der Waals surface area contributed by atoms with Gasteiger partial charge in [-0.2, -0.15) is 0 Å². The van der Waals surface area contributed by atoms with Gasteiger partial charge in [0.25, 0.3) is 0 Å². The number of carboxylic acids is 1. The summed E-state index contributed by atoms with van der Waals surface area (Å²) in [4.78, 5) is 14.6. The molecule has 0 fully saturated rings. The molecule has 3 aromatic rings. The van der Waals surface area contributed by atoms with Gasteiger partial charge in [0.2, 0.25) is 0 Å². The number of nitrogen functional groups attached to an aromatic ring is 1. The van der Waals surface area contributed by atoms with Gasteiger partial charge in [0.15, 0.2) is 0 Å². The monoisotopic (exact) mass is 509 g/mol. The molecule has 0 radical (unpaired) electrons. The lowest BCUT2D eigenvalue weighted by atomic mass is 9.95. The minimum atomic E-state index is -0.824. The summed E-state index contributed by atoms with van der Waals surface area (Å²) in [5.41, 5.74) is 8.23. The SMILES string of the molecule is C=CC(C)=N/C(=C/C)c1ccc(Cl)cc1C(=N)c1c(F)cccc1F.Nc1ccc(CC(=O)O)cc1. The second kappa shape index (κ2) is 13.1. The van der Waals surface area contributed by atoms with E-state index in [0.29, 0.717) is 33.2 Å². The predicted octanol–water partition coefficient (Wildman–Crippen LogP) is 6.94. The number of nitrogens with one attached hydrogen (secondary N) is 1. The Morgan fingerprint density at radius 2 is 1.72 bits per heavy atom. The molecule has 5 nitrogen and oxygen atoms in total. The average molecular weight is 510 g/mol. The van der Waals surface area contributed by atoms with Crippen LogP contribution in [-0.4, -0.2) is 22.5 Å². The van der Waals surface area contributed by atoms with Crippen molar-refractivity contribution < 1.29 is 18.7 Å². The van der Waals surface area contributed by atoms with Gasteiger partial charge in [-0.3, -0.25) is 15.2 Å². The van der Waals surface area contributed by atoms with E-state index in [4.69, 9.17) is 27.9 Å². The van der Waals surface area contributed by atoms with Crippen LogP contribution in [0.1, 0.15) is 36.1 Å². The Morgan fingerprint density at radius 1 is 1.11 bits per heavy atom. The second-order valence-electron chi connectivity index (χ2n) is 7.60. The summed E-state index contributed by atoms with van der Waals surface area (Å²) in [6.45, 7) is 7.24. The van der Waals surface area contributed by atoms with Crippen LogP contribution in [-0.2, 0) is 11.2 Å². The molecule has 0 saturated heterocycles. The standard InChI is InChI=1S/C20H17ClF2N2.C8H9NO2/c1-4-12(3)25-18(5-2)14-10-9-13(21)11-15(14)20(24)19-16(22)7-6-8-17(19)23;9-7-3-1-6(2-4-7)5-8(10)11/h4-11,24H,1H2,2-3H3;1-4H,5,9H2,(H,10,11)/b18-5+,24-20?,25-12?;. The quantitative estimate of drug-likeness (QED) is 0.237. The number of nitrogens with zero attached hydrogens (tertiary/aromatic N) is 1. The third-order valence-electron chi connectivity index (χ3n) is 4.94. The van der Waals surface area contributed by atoms with Gasteiger partial charge in [0, 0.05) is 27.5 Å². The second-order valence-corrected chi connectivity index (χ2v) is 8.04. The molecule has 0 atom stereocenters. The molecule has 0 spiro atoms. The highest BCUT2D eigenvalue weighted by molar-refractivity contribution is 6.31. The summed E-state index contributed by atoms with van der Waals surface area (Å²) in [5.74, 6) is -2.43. The fourth-order valence-electron chi connectivity index (χ4n) is 3.14. The van der Waals surface area contributed by atoms with Gasteiger partial charge in [-0.1, -0.05) is 48.5 Å². The number of anilines is 1. The van der Waals surface area contributed by atoms with Crippen molar-refractivity contribution in [1.82, 2.24) is 0 Å². The zero-order chi connectivity index (χ0) is 26.8. The molecule has 0 saturated carbocycles. The van der Waals surface area contributed by atoms with E-state index < -0.39 is 23.2 Å². The summed E-state index contributed by atoms with van der Waals surface area (Å²) in [6.07, 6.45) is 3.41. The molecule has 186 valence electrons.